The van der Waals surface area contributed by atoms with Crippen molar-refractivity contribution in [1.82, 2.24) is 4.98 Å². The quantitative estimate of drug-likeness (QED) is 0.808. The second-order valence-electron chi connectivity index (χ2n) is 5.76. The number of hydrogen-bond acceptors (Lipinski definition) is 5. The van der Waals surface area contributed by atoms with Crippen molar-refractivity contribution in [3.05, 3.63) is 58.9 Å². The van der Waals surface area contributed by atoms with Crippen molar-refractivity contribution < 1.29 is 14.3 Å². The van der Waals surface area contributed by atoms with Gasteiger partial charge in [0.1, 0.15) is 18.4 Å². The minimum atomic E-state index is -0.416. The number of aromatic nitrogens is 1. The molecule has 0 bridgehead atoms. The van der Waals surface area contributed by atoms with Gasteiger partial charge in [-0.25, -0.2) is 4.79 Å². The third-order valence-corrected chi connectivity index (χ3v) is 4.28. The molecular weight excluding hydrogens is 304 g/mol. The number of aryl methyl sites for hydroxylation is 1. The Kier molecular flexibility index (Phi) is 4.76. The van der Waals surface area contributed by atoms with Crippen LogP contribution in [0.1, 0.15) is 45.9 Å². The topological polar surface area (TPSA) is 72.2 Å². The van der Waals surface area contributed by atoms with Crippen LogP contribution in [-0.4, -0.2) is 24.7 Å². The number of nitriles is 1. The molecule has 1 aromatic heterocycles. The minimum absolute atomic E-state index is 0.138. The van der Waals surface area contributed by atoms with Gasteiger partial charge in [-0.2, -0.15) is 5.26 Å². The number of fused-ring (bicyclic) bond motifs is 1. The smallest absolute Gasteiger partial charge is 0.338 e. The van der Waals surface area contributed by atoms with Crippen LogP contribution in [0.3, 0.4) is 0 Å². The van der Waals surface area contributed by atoms with E-state index >= 15 is 0 Å². The monoisotopic (exact) mass is 322 g/mol. The normalized spacial score (nSPS) is 15.9. The van der Waals surface area contributed by atoms with E-state index in [9.17, 15) is 4.79 Å². The van der Waals surface area contributed by atoms with E-state index in [0.717, 1.165) is 25.0 Å². The number of carbonyl (C=O) groups is 1. The van der Waals surface area contributed by atoms with Gasteiger partial charge in [0.05, 0.1) is 18.2 Å². The molecular formula is C19H18N2O3. The van der Waals surface area contributed by atoms with Crippen molar-refractivity contribution in [3.63, 3.8) is 0 Å². The van der Waals surface area contributed by atoms with Gasteiger partial charge in [0.25, 0.3) is 0 Å². The molecule has 1 aromatic carbocycles. The molecule has 1 heterocycles. The predicted molar refractivity (Wildman–Crippen MR) is 87.9 cm³/mol. The van der Waals surface area contributed by atoms with Gasteiger partial charge >= 0.3 is 5.97 Å². The number of rotatable bonds is 4. The molecule has 24 heavy (non-hydrogen) atoms. The molecule has 1 atom stereocenters. The predicted octanol–water partition coefficient (Wildman–Crippen LogP) is 3.24. The maximum atomic E-state index is 12.3. The van der Waals surface area contributed by atoms with E-state index in [2.05, 4.69) is 11.1 Å². The first-order valence-electron chi connectivity index (χ1n) is 7.92. The van der Waals surface area contributed by atoms with Gasteiger partial charge in [0.2, 0.25) is 0 Å². The molecule has 2 aromatic rings. The number of methoxy groups -OCH3 is 1. The number of esters is 1. The molecule has 0 radical (unpaired) electrons. The third kappa shape index (κ3) is 3.23. The van der Waals surface area contributed by atoms with E-state index in [-0.39, 0.29) is 5.92 Å². The molecule has 0 aliphatic heterocycles. The van der Waals surface area contributed by atoms with Crippen LogP contribution in [-0.2, 0) is 11.2 Å². The van der Waals surface area contributed by atoms with Crippen molar-refractivity contribution >= 4 is 5.97 Å². The van der Waals surface area contributed by atoms with Crippen LogP contribution < -0.4 is 4.74 Å². The van der Waals surface area contributed by atoms with Crippen LogP contribution in [0.4, 0.5) is 0 Å². The number of nitrogens with zero attached hydrogens (tertiary/aromatic N) is 2. The van der Waals surface area contributed by atoms with Gasteiger partial charge in [-0.1, -0.05) is 6.07 Å². The molecule has 0 fully saturated rings. The average Bonchev–Trinajstić information content (AvgIpc) is 2.65. The van der Waals surface area contributed by atoms with Gasteiger partial charge < -0.3 is 9.47 Å². The lowest BCUT2D eigenvalue weighted by molar-refractivity contribution is 0.0469. The Labute approximate surface area is 140 Å². The summed E-state index contributed by atoms with van der Waals surface area (Å²) in [5, 5.41) is 8.99. The third-order valence-electron chi connectivity index (χ3n) is 4.28. The molecule has 0 saturated carbocycles. The van der Waals surface area contributed by atoms with Crippen LogP contribution in [0.5, 0.6) is 5.75 Å². The van der Waals surface area contributed by atoms with E-state index < -0.39 is 5.97 Å². The SMILES string of the molecule is COc1cc(C(=O)OCC2CCCc3cccnc32)ccc1C#N. The fraction of sp³-hybridized carbons (Fsp3) is 0.316. The van der Waals surface area contributed by atoms with Gasteiger partial charge in [0, 0.05) is 17.8 Å². The first kappa shape index (κ1) is 16.0. The highest BCUT2D eigenvalue weighted by atomic mass is 16.5. The summed E-state index contributed by atoms with van der Waals surface area (Å²) in [6, 6.07) is 10.7. The Morgan fingerprint density at radius 2 is 2.29 bits per heavy atom. The standard InChI is InChI=1S/C19H18N2O3/c1-23-17-10-14(7-8-15(17)11-20)19(22)24-12-16-5-2-4-13-6-3-9-21-18(13)16/h3,6-10,16H,2,4-5,12H2,1H3. The summed E-state index contributed by atoms with van der Waals surface area (Å²) in [6.45, 7) is 0.311. The van der Waals surface area contributed by atoms with Gasteiger partial charge in [-0.3, -0.25) is 4.98 Å². The van der Waals surface area contributed by atoms with Crippen LogP contribution in [0.15, 0.2) is 36.5 Å². The first-order chi connectivity index (χ1) is 11.7. The summed E-state index contributed by atoms with van der Waals surface area (Å²) in [7, 11) is 1.47. The highest BCUT2D eigenvalue weighted by Crippen LogP contribution is 2.30. The van der Waals surface area contributed by atoms with E-state index in [4.69, 9.17) is 14.7 Å². The Hall–Kier alpha value is -2.87. The zero-order valence-corrected chi connectivity index (χ0v) is 13.5. The zero-order valence-electron chi connectivity index (χ0n) is 13.5. The van der Waals surface area contributed by atoms with Crippen molar-refractivity contribution in [2.45, 2.75) is 25.2 Å². The second kappa shape index (κ2) is 7.14. The zero-order chi connectivity index (χ0) is 16.9. The molecule has 0 amide bonds. The van der Waals surface area contributed by atoms with E-state index in [1.165, 1.54) is 18.7 Å². The molecule has 3 rings (SSSR count). The van der Waals surface area contributed by atoms with E-state index in [0.29, 0.717) is 23.5 Å². The van der Waals surface area contributed by atoms with Crippen molar-refractivity contribution in [2.75, 3.05) is 13.7 Å². The average molecular weight is 322 g/mol. The molecule has 0 spiro atoms. The summed E-state index contributed by atoms with van der Waals surface area (Å²) >= 11 is 0. The van der Waals surface area contributed by atoms with Gasteiger partial charge in [0.15, 0.2) is 0 Å². The summed E-state index contributed by atoms with van der Waals surface area (Å²) in [4.78, 5) is 16.7. The van der Waals surface area contributed by atoms with Crippen molar-refractivity contribution in [1.29, 1.82) is 5.26 Å². The summed E-state index contributed by atoms with van der Waals surface area (Å²) in [5.41, 5.74) is 3.04. The number of hydrogen-bond donors (Lipinski definition) is 0. The highest BCUT2D eigenvalue weighted by Gasteiger charge is 2.23. The first-order valence-corrected chi connectivity index (χ1v) is 7.92. The molecule has 1 unspecified atom stereocenters. The highest BCUT2D eigenvalue weighted by molar-refractivity contribution is 5.90. The maximum absolute atomic E-state index is 12.3. The molecule has 5 nitrogen and oxygen atoms in total. The summed E-state index contributed by atoms with van der Waals surface area (Å²) < 4.78 is 10.6. The molecule has 5 heteroatoms. The second-order valence-corrected chi connectivity index (χ2v) is 5.76. The van der Waals surface area contributed by atoms with E-state index in [1.807, 2.05) is 12.1 Å². The number of carbonyl (C=O) groups excluding carboxylic acids is 1. The minimum Gasteiger partial charge on any atom is -0.495 e. The molecule has 1 aliphatic rings. The molecule has 0 saturated heterocycles. The Balaban J connectivity index is 1.70. The number of benzene rings is 1. The molecule has 1 aliphatic carbocycles. The van der Waals surface area contributed by atoms with Crippen LogP contribution in [0.25, 0.3) is 0 Å². The number of ether oxygens (including phenoxy) is 2. The molecule has 0 N–H and O–H groups in total. The largest absolute Gasteiger partial charge is 0.495 e. The lowest BCUT2D eigenvalue weighted by atomic mass is 9.87. The van der Waals surface area contributed by atoms with Crippen LogP contribution >= 0.6 is 0 Å². The fourth-order valence-electron chi connectivity index (χ4n) is 3.04. The lowest BCUT2D eigenvalue weighted by Gasteiger charge is -2.23. The van der Waals surface area contributed by atoms with Gasteiger partial charge in [-0.15, -0.1) is 0 Å². The Morgan fingerprint density at radius 3 is 3.08 bits per heavy atom. The lowest BCUT2D eigenvalue weighted by Crippen LogP contribution is -2.19. The van der Waals surface area contributed by atoms with Crippen LogP contribution in [0.2, 0.25) is 0 Å². The van der Waals surface area contributed by atoms with Crippen molar-refractivity contribution in [3.8, 4) is 11.8 Å². The maximum Gasteiger partial charge on any atom is 0.338 e. The fourth-order valence-corrected chi connectivity index (χ4v) is 3.04. The summed E-state index contributed by atoms with van der Waals surface area (Å²) in [5.74, 6) is 0.0941. The number of pyridine rings is 1. The Bertz CT molecular complexity index is 795. The van der Waals surface area contributed by atoms with Crippen LogP contribution in [0, 0.1) is 11.3 Å². The molecule has 122 valence electrons. The van der Waals surface area contributed by atoms with Crippen molar-refractivity contribution in [2.24, 2.45) is 0 Å². The Morgan fingerprint density at radius 1 is 1.42 bits per heavy atom. The van der Waals surface area contributed by atoms with E-state index in [1.54, 1.807) is 18.3 Å². The summed E-state index contributed by atoms with van der Waals surface area (Å²) in [6.07, 6.45) is 4.85. The van der Waals surface area contributed by atoms with Gasteiger partial charge in [-0.05, 0) is 49.1 Å².